The standard InChI is InChI=1S/C25H28N6O4/c1-15-6-7-29(11-15)17-8-16(2)22-27-21(28-31(22)12-17)23(32)30-13-25(14-30)9-18(10-25)35-20-5-3-4-19(26-20)24(33)34/h3-5,8,12,15,18H,6-7,9-11,13-14H2,1-2H3,(H,33,34). The van der Waals surface area contributed by atoms with Gasteiger partial charge in [-0.1, -0.05) is 13.0 Å². The highest BCUT2D eigenvalue weighted by Gasteiger charge is 2.55. The summed E-state index contributed by atoms with van der Waals surface area (Å²) in [5.74, 6) is 0.0163. The first-order chi connectivity index (χ1) is 16.8. The molecule has 1 spiro atoms. The van der Waals surface area contributed by atoms with Crippen molar-refractivity contribution in [3.8, 4) is 5.88 Å². The summed E-state index contributed by atoms with van der Waals surface area (Å²) >= 11 is 0. The zero-order valence-corrected chi connectivity index (χ0v) is 19.8. The van der Waals surface area contributed by atoms with Crippen LogP contribution >= 0.6 is 0 Å². The fraction of sp³-hybridized carbons (Fsp3) is 0.480. The van der Waals surface area contributed by atoms with Crippen LogP contribution in [0, 0.1) is 18.3 Å². The highest BCUT2D eigenvalue weighted by molar-refractivity contribution is 5.92. The molecule has 0 bridgehead atoms. The molecule has 1 aliphatic carbocycles. The van der Waals surface area contributed by atoms with Gasteiger partial charge in [0.1, 0.15) is 6.10 Å². The number of carboxylic acid groups (broad SMARTS) is 1. The second kappa shape index (κ2) is 7.93. The normalized spacial score (nSPS) is 21.3. The van der Waals surface area contributed by atoms with Crippen molar-refractivity contribution in [2.75, 3.05) is 31.1 Å². The molecular weight excluding hydrogens is 448 g/mol. The van der Waals surface area contributed by atoms with E-state index in [9.17, 15) is 9.59 Å². The Bertz CT molecular complexity index is 1320. The molecule has 2 saturated heterocycles. The third kappa shape index (κ3) is 3.86. The van der Waals surface area contributed by atoms with Crippen LogP contribution in [-0.2, 0) is 0 Å². The second-order valence-electron chi connectivity index (χ2n) is 10.4. The average Bonchev–Trinajstić information content (AvgIpc) is 3.41. The van der Waals surface area contributed by atoms with Gasteiger partial charge in [0.2, 0.25) is 11.7 Å². The molecule has 0 aromatic carbocycles. The number of aromatic nitrogens is 4. The highest BCUT2D eigenvalue weighted by Crippen LogP contribution is 2.49. The number of carboxylic acids is 1. The molecule has 3 aromatic rings. The number of likely N-dealkylation sites (tertiary alicyclic amines) is 1. The molecule has 1 saturated carbocycles. The van der Waals surface area contributed by atoms with Crippen molar-refractivity contribution in [1.82, 2.24) is 24.5 Å². The fourth-order valence-corrected chi connectivity index (χ4v) is 5.63. The number of hydrogen-bond acceptors (Lipinski definition) is 7. The van der Waals surface area contributed by atoms with E-state index in [1.54, 1.807) is 21.5 Å². The van der Waals surface area contributed by atoms with Gasteiger partial charge < -0.3 is 19.6 Å². The topological polar surface area (TPSA) is 113 Å². The number of fused-ring (bicyclic) bond motifs is 1. The van der Waals surface area contributed by atoms with Crippen LogP contribution in [0.15, 0.2) is 30.5 Å². The Morgan fingerprint density at radius 1 is 1.20 bits per heavy atom. The molecule has 3 aromatic heterocycles. The number of carbonyl (C=O) groups is 2. The smallest absolute Gasteiger partial charge is 0.354 e. The first-order valence-electron chi connectivity index (χ1n) is 12.1. The monoisotopic (exact) mass is 476 g/mol. The van der Waals surface area contributed by atoms with Crippen LogP contribution in [0.5, 0.6) is 5.88 Å². The lowest BCUT2D eigenvalue weighted by Crippen LogP contribution is -2.66. The number of aromatic carboxylic acids is 1. The summed E-state index contributed by atoms with van der Waals surface area (Å²) in [6.45, 7) is 7.65. The van der Waals surface area contributed by atoms with Crippen molar-refractivity contribution in [3.63, 3.8) is 0 Å². The van der Waals surface area contributed by atoms with Gasteiger partial charge in [0, 0.05) is 37.7 Å². The van der Waals surface area contributed by atoms with Gasteiger partial charge in [-0.05, 0) is 49.8 Å². The maximum atomic E-state index is 13.1. The lowest BCUT2D eigenvalue weighted by molar-refractivity contribution is -0.105. The minimum Gasteiger partial charge on any atom is -0.477 e. The van der Waals surface area contributed by atoms with E-state index < -0.39 is 5.97 Å². The molecule has 35 heavy (non-hydrogen) atoms. The summed E-state index contributed by atoms with van der Waals surface area (Å²) in [5, 5.41) is 13.6. The van der Waals surface area contributed by atoms with E-state index in [1.807, 2.05) is 13.1 Å². The van der Waals surface area contributed by atoms with Crippen LogP contribution in [0.1, 0.15) is 52.9 Å². The van der Waals surface area contributed by atoms with Crippen LogP contribution in [0.3, 0.4) is 0 Å². The summed E-state index contributed by atoms with van der Waals surface area (Å²) in [6.07, 6.45) is 4.76. The van der Waals surface area contributed by atoms with Gasteiger partial charge in [-0.2, -0.15) is 0 Å². The lowest BCUT2D eigenvalue weighted by Gasteiger charge is -2.58. The van der Waals surface area contributed by atoms with Gasteiger partial charge in [0.25, 0.3) is 5.91 Å². The Hall–Kier alpha value is -3.69. The molecule has 1 N–H and O–H groups in total. The Kier molecular flexibility index (Phi) is 4.94. The second-order valence-corrected chi connectivity index (χ2v) is 10.4. The van der Waals surface area contributed by atoms with Crippen LogP contribution in [0.4, 0.5) is 5.69 Å². The molecule has 3 aliphatic rings. The van der Waals surface area contributed by atoms with Gasteiger partial charge in [-0.3, -0.25) is 4.79 Å². The first-order valence-corrected chi connectivity index (χ1v) is 12.1. The third-order valence-corrected chi connectivity index (χ3v) is 7.47. The summed E-state index contributed by atoms with van der Waals surface area (Å²) in [5.41, 5.74) is 2.87. The maximum absolute atomic E-state index is 13.1. The number of carbonyl (C=O) groups excluding carboxylic acids is 1. The van der Waals surface area contributed by atoms with Gasteiger partial charge in [0.05, 0.1) is 11.9 Å². The molecule has 182 valence electrons. The Balaban J connectivity index is 1.08. The zero-order valence-electron chi connectivity index (χ0n) is 19.8. The molecule has 1 unspecified atom stereocenters. The Morgan fingerprint density at radius 2 is 2.00 bits per heavy atom. The minimum absolute atomic E-state index is 0.0218. The number of rotatable bonds is 5. The lowest BCUT2D eigenvalue weighted by atomic mass is 9.61. The van der Waals surface area contributed by atoms with Crippen LogP contribution in [-0.4, -0.2) is 73.7 Å². The molecule has 5 heterocycles. The van der Waals surface area contributed by atoms with Gasteiger partial charge in [-0.25, -0.2) is 19.3 Å². The van der Waals surface area contributed by atoms with E-state index in [0.717, 1.165) is 37.2 Å². The van der Waals surface area contributed by atoms with Gasteiger partial charge in [-0.15, -0.1) is 5.10 Å². The number of anilines is 1. The van der Waals surface area contributed by atoms with Gasteiger partial charge >= 0.3 is 5.97 Å². The van der Waals surface area contributed by atoms with E-state index in [0.29, 0.717) is 30.5 Å². The summed E-state index contributed by atoms with van der Waals surface area (Å²) < 4.78 is 7.59. The largest absolute Gasteiger partial charge is 0.477 e. The quantitative estimate of drug-likeness (QED) is 0.598. The van der Waals surface area contributed by atoms with E-state index in [2.05, 4.69) is 33.0 Å². The van der Waals surface area contributed by atoms with Crippen molar-refractivity contribution in [2.45, 2.75) is 39.2 Å². The van der Waals surface area contributed by atoms with Crippen molar-refractivity contribution >= 4 is 23.2 Å². The van der Waals surface area contributed by atoms with Crippen molar-refractivity contribution in [3.05, 3.63) is 47.5 Å². The molecule has 6 rings (SSSR count). The number of ether oxygens (including phenoxy) is 1. The predicted octanol–water partition coefficient (Wildman–Crippen LogP) is 2.66. The third-order valence-electron chi connectivity index (χ3n) is 7.47. The highest BCUT2D eigenvalue weighted by atomic mass is 16.5. The van der Waals surface area contributed by atoms with Crippen molar-refractivity contribution in [2.24, 2.45) is 11.3 Å². The molecule has 2 aliphatic heterocycles. The number of nitrogens with zero attached hydrogens (tertiary/aromatic N) is 6. The fourth-order valence-electron chi connectivity index (χ4n) is 5.63. The number of amides is 1. The molecule has 1 atom stereocenters. The SMILES string of the molecule is Cc1cc(N2CCC(C)C2)cn2nc(C(=O)N3CC4(CC(Oc5cccc(C(=O)O)n5)C4)C3)nc12. The zero-order chi connectivity index (χ0) is 24.3. The Labute approximate surface area is 202 Å². The van der Waals surface area contributed by atoms with Crippen molar-refractivity contribution < 1.29 is 19.4 Å². The molecule has 10 nitrogen and oxygen atoms in total. The van der Waals surface area contributed by atoms with E-state index >= 15 is 0 Å². The molecule has 0 radical (unpaired) electrons. The summed E-state index contributed by atoms with van der Waals surface area (Å²) in [4.78, 5) is 36.9. The molecular formula is C25H28N6O4. The Morgan fingerprint density at radius 3 is 2.71 bits per heavy atom. The molecule has 1 amide bonds. The van der Waals surface area contributed by atoms with E-state index in [4.69, 9.17) is 9.84 Å². The minimum atomic E-state index is -1.08. The van der Waals surface area contributed by atoms with Gasteiger partial charge in [0.15, 0.2) is 11.3 Å². The predicted molar refractivity (Wildman–Crippen MR) is 127 cm³/mol. The van der Waals surface area contributed by atoms with E-state index in [-0.39, 0.29) is 28.9 Å². The summed E-state index contributed by atoms with van der Waals surface area (Å²) in [6, 6.07) is 6.86. The molecule has 3 fully saturated rings. The number of aryl methyl sites for hydroxylation is 1. The number of pyridine rings is 2. The average molecular weight is 477 g/mol. The first kappa shape index (κ1) is 21.8. The number of hydrogen-bond donors (Lipinski definition) is 1. The van der Waals surface area contributed by atoms with Crippen molar-refractivity contribution in [1.29, 1.82) is 0 Å². The summed E-state index contributed by atoms with van der Waals surface area (Å²) in [7, 11) is 0. The van der Waals surface area contributed by atoms with E-state index in [1.165, 1.54) is 12.5 Å². The molecule has 10 heteroatoms. The van der Waals surface area contributed by atoms with Crippen LogP contribution in [0.2, 0.25) is 0 Å². The maximum Gasteiger partial charge on any atom is 0.354 e. The van der Waals surface area contributed by atoms with Crippen LogP contribution in [0.25, 0.3) is 5.65 Å². The van der Waals surface area contributed by atoms with Crippen LogP contribution < -0.4 is 9.64 Å².